The number of likely N-dealkylation sites (tertiary alicyclic amines) is 2. The second-order valence-corrected chi connectivity index (χ2v) is 11.5. The molecule has 2 aromatic carbocycles. The molecule has 2 aliphatic heterocycles. The van der Waals surface area contributed by atoms with E-state index in [1.54, 1.807) is 0 Å². The number of halogens is 2. The van der Waals surface area contributed by atoms with Crippen molar-refractivity contribution in [2.24, 2.45) is 11.8 Å². The molecule has 2 aromatic rings. The molecule has 0 aliphatic carbocycles. The molecule has 2 heterocycles. The molecule has 4 rings (SSSR count). The third-order valence-electron chi connectivity index (χ3n) is 8.70. The summed E-state index contributed by atoms with van der Waals surface area (Å²) in [6, 6.07) is 20.5. The van der Waals surface area contributed by atoms with E-state index in [1.807, 2.05) is 36.4 Å². The van der Waals surface area contributed by atoms with E-state index in [2.05, 4.69) is 45.4 Å². The zero-order chi connectivity index (χ0) is 22.7. The van der Waals surface area contributed by atoms with Gasteiger partial charge in [-0.15, -0.1) is 0 Å². The summed E-state index contributed by atoms with van der Waals surface area (Å²) in [5.74, 6) is 1.89. The highest BCUT2D eigenvalue weighted by Crippen LogP contribution is 2.37. The van der Waals surface area contributed by atoms with Crippen molar-refractivity contribution >= 4 is 0 Å². The lowest BCUT2D eigenvalue weighted by Crippen LogP contribution is -3.00. The molecule has 2 fully saturated rings. The van der Waals surface area contributed by atoms with E-state index in [4.69, 9.17) is 0 Å². The first kappa shape index (κ1) is 30.0. The van der Waals surface area contributed by atoms with Crippen molar-refractivity contribution in [2.45, 2.75) is 44.1 Å². The first-order chi connectivity index (χ1) is 15.3. The third-order valence-corrected chi connectivity index (χ3v) is 8.70. The maximum absolute atomic E-state index is 11.8. The highest BCUT2D eigenvalue weighted by atomic mass is 127. The highest BCUT2D eigenvalue weighted by Gasteiger charge is 2.38. The molecule has 0 unspecified atom stereocenters. The van der Waals surface area contributed by atoms with Crippen molar-refractivity contribution in [1.82, 2.24) is 0 Å². The van der Waals surface area contributed by atoms with Crippen molar-refractivity contribution < 1.29 is 62.0 Å². The van der Waals surface area contributed by atoms with E-state index in [9.17, 15) is 5.11 Å². The van der Waals surface area contributed by atoms with Crippen LogP contribution in [0.2, 0.25) is 0 Å². The van der Waals surface area contributed by atoms with E-state index in [1.165, 1.54) is 60.8 Å². The number of benzene rings is 2. The fraction of sp³-hybridized carbons (Fsp3) is 0.586. The Morgan fingerprint density at radius 3 is 1.56 bits per heavy atom. The second kappa shape index (κ2) is 12.8. The Morgan fingerprint density at radius 1 is 0.706 bits per heavy atom. The number of rotatable bonds is 7. The number of quaternary nitrogens is 2. The second-order valence-electron chi connectivity index (χ2n) is 11.5. The maximum atomic E-state index is 11.8. The number of aliphatic hydroxyl groups is 1. The molecule has 2 aliphatic rings. The third kappa shape index (κ3) is 7.40. The Bertz CT molecular complexity index is 801. The molecule has 0 atom stereocenters. The Labute approximate surface area is 242 Å². The van der Waals surface area contributed by atoms with Crippen LogP contribution in [0.1, 0.15) is 49.7 Å². The number of nitrogens with zero attached hydrogens (tertiary/aromatic N) is 2. The topological polar surface area (TPSA) is 20.2 Å². The van der Waals surface area contributed by atoms with Gasteiger partial charge in [-0.25, -0.2) is 0 Å². The van der Waals surface area contributed by atoms with E-state index in [-0.39, 0.29) is 48.0 Å². The van der Waals surface area contributed by atoms with Crippen molar-refractivity contribution in [3.8, 4) is 0 Å². The summed E-state index contributed by atoms with van der Waals surface area (Å²) in [6.07, 6.45) is 7.42. The van der Waals surface area contributed by atoms with Gasteiger partial charge in [-0.3, -0.25) is 0 Å². The molecule has 1 N–H and O–H groups in total. The Hall–Kier alpha value is -0.220. The largest absolute Gasteiger partial charge is 1.00 e. The number of hydrogen-bond donors (Lipinski definition) is 1. The van der Waals surface area contributed by atoms with E-state index in [0.29, 0.717) is 0 Å². The Morgan fingerprint density at radius 2 is 1.12 bits per heavy atom. The lowest BCUT2D eigenvalue weighted by molar-refractivity contribution is -0.916. The highest BCUT2D eigenvalue weighted by molar-refractivity contribution is 5.35. The van der Waals surface area contributed by atoms with Gasteiger partial charge in [0.25, 0.3) is 0 Å². The standard InChI is InChI=1S/C29H44N2O.2HI/c1-30(2)21-15-25(16-22-30)26-17-23-31(3,24-18-26)20-10-19-29(32,27-11-6-4-7-12-27)28-13-8-5-9-14-28;;/h4-9,11-14,25-26,32H,10,15-24H2,1-3H3;2*1H/q+2;;/p-2. The molecule has 0 saturated carbocycles. The summed E-state index contributed by atoms with van der Waals surface area (Å²) in [5, 5.41) is 11.8. The van der Waals surface area contributed by atoms with Gasteiger partial charge in [0.05, 0.1) is 53.9 Å². The number of piperidine rings is 2. The van der Waals surface area contributed by atoms with E-state index < -0.39 is 5.60 Å². The van der Waals surface area contributed by atoms with Gasteiger partial charge >= 0.3 is 0 Å². The minimum atomic E-state index is -0.910. The van der Waals surface area contributed by atoms with Crippen LogP contribution >= 0.6 is 0 Å². The van der Waals surface area contributed by atoms with Gasteiger partial charge in [-0.05, 0) is 61.5 Å². The van der Waals surface area contributed by atoms with Gasteiger partial charge in [0.1, 0.15) is 5.60 Å². The zero-order valence-electron chi connectivity index (χ0n) is 21.3. The fourth-order valence-electron chi connectivity index (χ4n) is 6.26. The van der Waals surface area contributed by atoms with Crippen molar-refractivity contribution in [1.29, 1.82) is 0 Å². The number of hydrogen-bond acceptors (Lipinski definition) is 1. The zero-order valence-corrected chi connectivity index (χ0v) is 25.6. The first-order valence-corrected chi connectivity index (χ1v) is 12.8. The van der Waals surface area contributed by atoms with Crippen LogP contribution in [-0.4, -0.2) is 67.9 Å². The lowest BCUT2D eigenvalue weighted by atomic mass is 9.77. The van der Waals surface area contributed by atoms with Crippen LogP contribution in [0.5, 0.6) is 0 Å². The van der Waals surface area contributed by atoms with Gasteiger partial charge < -0.3 is 62.0 Å². The smallest absolute Gasteiger partial charge is 0.115 e. The van der Waals surface area contributed by atoms with E-state index in [0.717, 1.165) is 42.3 Å². The molecule has 5 heteroatoms. The summed E-state index contributed by atoms with van der Waals surface area (Å²) >= 11 is 0. The molecule has 190 valence electrons. The molecule has 2 saturated heterocycles. The summed E-state index contributed by atoms with van der Waals surface area (Å²) in [4.78, 5) is 0. The molecule has 0 bridgehead atoms. The van der Waals surface area contributed by atoms with Crippen LogP contribution in [0.15, 0.2) is 60.7 Å². The minimum absolute atomic E-state index is 0. The average molecular weight is 690 g/mol. The van der Waals surface area contributed by atoms with Gasteiger partial charge in [0.15, 0.2) is 0 Å². The minimum Gasteiger partial charge on any atom is -1.00 e. The van der Waals surface area contributed by atoms with Crippen LogP contribution in [0.25, 0.3) is 0 Å². The lowest BCUT2D eigenvalue weighted by Gasteiger charge is -2.45. The van der Waals surface area contributed by atoms with Gasteiger partial charge in [-0.1, -0.05) is 60.7 Å². The SMILES string of the molecule is C[N+]1(C)CCC(C2CC[N+](C)(CCCC(O)(c3ccccc3)c3ccccc3)CC2)CC1.[I-].[I-]. The van der Waals surface area contributed by atoms with Gasteiger partial charge in [-0.2, -0.15) is 0 Å². The van der Waals surface area contributed by atoms with Crippen LogP contribution in [0.4, 0.5) is 0 Å². The maximum Gasteiger partial charge on any atom is 0.115 e. The van der Waals surface area contributed by atoms with Crippen molar-refractivity contribution in [3.63, 3.8) is 0 Å². The van der Waals surface area contributed by atoms with Crippen LogP contribution in [0.3, 0.4) is 0 Å². The molecule has 0 aromatic heterocycles. The van der Waals surface area contributed by atoms with E-state index >= 15 is 0 Å². The molecule has 0 radical (unpaired) electrons. The molecule has 0 amide bonds. The Kier molecular flexibility index (Phi) is 11.3. The predicted molar refractivity (Wildman–Crippen MR) is 133 cm³/mol. The molecule has 3 nitrogen and oxygen atoms in total. The summed E-state index contributed by atoms with van der Waals surface area (Å²) in [7, 11) is 7.22. The summed E-state index contributed by atoms with van der Waals surface area (Å²) < 4.78 is 2.38. The quantitative estimate of drug-likeness (QED) is 0.294. The first-order valence-electron chi connectivity index (χ1n) is 12.8. The molecular formula is C29H44I2N2O. The van der Waals surface area contributed by atoms with Crippen molar-refractivity contribution in [2.75, 3.05) is 53.9 Å². The Balaban J connectivity index is 0.00000204. The molecule has 34 heavy (non-hydrogen) atoms. The molecule has 0 spiro atoms. The van der Waals surface area contributed by atoms with Gasteiger partial charge in [0.2, 0.25) is 0 Å². The van der Waals surface area contributed by atoms with Crippen molar-refractivity contribution in [3.05, 3.63) is 71.8 Å². The average Bonchev–Trinajstić information content (AvgIpc) is 2.81. The van der Waals surface area contributed by atoms with Crippen LogP contribution in [0, 0.1) is 11.8 Å². The molecular weight excluding hydrogens is 646 g/mol. The van der Waals surface area contributed by atoms with Gasteiger partial charge in [0, 0.05) is 0 Å². The summed E-state index contributed by atoms with van der Waals surface area (Å²) in [6.45, 7) is 6.46. The fourth-order valence-corrected chi connectivity index (χ4v) is 6.26. The van der Waals surface area contributed by atoms with Crippen LogP contribution < -0.4 is 48.0 Å². The predicted octanol–water partition coefficient (Wildman–Crippen LogP) is -0.946. The normalized spacial score (nSPS) is 25.1. The monoisotopic (exact) mass is 690 g/mol. The van der Waals surface area contributed by atoms with Crippen LogP contribution in [-0.2, 0) is 5.60 Å². The summed E-state index contributed by atoms with van der Waals surface area (Å²) in [5.41, 5.74) is 1.10.